The molecule has 0 bridgehead atoms. The summed E-state index contributed by atoms with van der Waals surface area (Å²) in [5, 5.41) is 9.99. The number of aliphatic hydroxyl groups excluding tert-OH is 1. The zero-order valence-corrected chi connectivity index (χ0v) is 11.7. The summed E-state index contributed by atoms with van der Waals surface area (Å²) in [6.07, 6.45) is -0.00236. The number of hydrogen-bond donors (Lipinski definition) is 1. The lowest BCUT2D eigenvalue weighted by Crippen LogP contribution is -2.15. The predicted molar refractivity (Wildman–Crippen MR) is 77.7 cm³/mol. The number of para-hydroxylation sites is 1. The van der Waals surface area contributed by atoms with Crippen molar-refractivity contribution in [1.82, 2.24) is 0 Å². The molecule has 0 spiro atoms. The molecule has 1 N–H and O–H groups in total. The van der Waals surface area contributed by atoms with Gasteiger partial charge in [-0.25, -0.2) is 4.39 Å². The summed E-state index contributed by atoms with van der Waals surface area (Å²) in [5.74, 6) is 0.297. The Labute approximate surface area is 122 Å². The van der Waals surface area contributed by atoms with E-state index in [0.29, 0.717) is 18.6 Å². The molecule has 0 fully saturated rings. The Hall–Kier alpha value is -1.58. The van der Waals surface area contributed by atoms with Gasteiger partial charge in [0.1, 0.15) is 11.6 Å². The molecular weight excluding hydrogens is 279 g/mol. The Bertz CT molecular complexity index is 545. The van der Waals surface area contributed by atoms with Gasteiger partial charge in [0, 0.05) is 12.8 Å². The van der Waals surface area contributed by atoms with Crippen LogP contribution in [0.1, 0.15) is 12.0 Å². The first-order valence-corrected chi connectivity index (χ1v) is 6.83. The fraction of sp³-hybridized carbons (Fsp3) is 0.250. The fourth-order valence-electron chi connectivity index (χ4n) is 1.89. The lowest BCUT2D eigenvalue weighted by Gasteiger charge is -2.12. The topological polar surface area (TPSA) is 29.5 Å². The maximum absolute atomic E-state index is 13.7. The van der Waals surface area contributed by atoms with Gasteiger partial charge >= 0.3 is 0 Å². The van der Waals surface area contributed by atoms with Crippen molar-refractivity contribution in [3.63, 3.8) is 0 Å². The van der Waals surface area contributed by atoms with Gasteiger partial charge in [-0.05, 0) is 23.8 Å². The van der Waals surface area contributed by atoms with Gasteiger partial charge in [0.2, 0.25) is 0 Å². The first kappa shape index (κ1) is 14.8. The highest BCUT2D eigenvalue weighted by Gasteiger charge is 2.11. The molecule has 0 radical (unpaired) electrons. The van der Waals surface area contributed by atoms with Gasteiger partial charge in [-0.15, -0.1) is 0 Å². The first-order valence-electron chi connectivity index (χ1n) is 6.45. The van der Waals surface area contributed by atoms with Crippen molar-refractivity contribution in [2.24, 2.45) is 0 Å². The van der Waals surface area contributed by atoms with E-state index >= 15 is 0 Å². The minimum Gasteiger partial charge on any atom is -0.493 e. The molecule has 1 unspecified atom stereocenters. The van der Waals surface area contributed by atoms with Gasteiger partial charge < -0.3 is 9.84 Å². The molecule has 0 saturated carbocycles. The number of halogens is 2. The average Bonchev–Trinajstić information content (AvgIpc) is 2.45. The molecule has 0 aliphatic rings. The summed E-state index contributed by atoms with van der Waals surface area (Å²) in [5.41, 5.74) is 0.421. The van der Waals surface area contributed by atoms with Crippen LogP contribution >= 0.6 is 11.6 Å². The molecule has 0 aliphatic heterocycles. The molecule has 2 nitrogen and oxygen atoms in total. The molecule has 1 atom stereocenters. The number of aliphatic hydroxyl groups is 1. The van der Waals surface area contributed by atoms with E-state index in [1.54, 1.807) is 12.1 Å². The van der Waals surface area contributed by atoms with Crippen LogP contribution in [0.15, 0.2) is 48.5 Å². The molecule has 0 saturated heterocycles. The average molecular weight is 295 g/mol. The van der Waals surface area contributed by atoms with E-state index < -0.39 is 11.9 Å². The van der Waals surface area contributed by atoms with Crippen molar-refractivity contribution in [3.8, 4) is 5.75 Å². The Morgan fingerprint density at radius 2 is 1.85 bits per heavy atom. The molecule has 0 amide bonds. The SMILES string of the molecule is OC(CCOc1ccccc1)Cc1cccc(Cl)c1F. The summed E-state index contributed by atoms with van der Waals surface area (Å²) in [7, 11) is 0. The van der Waals surface area contributed by atoms with Crippen molar-refractivity contribution in [2.45, 2.75) is 18.9 Å². The second kappa shape index (κ2) is 7.27. The van der Waals surface area contributed by atoms with Gasteiger partial charge in [0.25, 0.3) is 0 Å². The van der Waals surface area contributed by atoms with E-state index in [1.165, 1.54) is 6.07 Å². The maximum atomic E-state index is 13.7. The van der Waals surface area contributed by atoms with E-state index in [1.807, 2.05) is 30.3 Å². The Balaban J connectivity index is 1.81. The van der Waals surface area contributed by atoms with Crippen molar-refractivity contribution in [1.29, 1.82) is 0 Å². The highest BCUT2D eigenvalue weighted by Crippen LogP contribution is 2.19. The van der Waals surface area contributed by atoms with Crippen LogP contribution < -0.4 is 4.74 Å². The summed E-state index contributed by atoms with van der Waals surface area (Å²) in [6.45, 7) is 0.382. The van der Waals surface area contributed by atoms with E-state index in [9.17, 15) is 9.50 Å². The minimum atomic E-state index is -0.660. The van der Waals surface area contributed by atoms with Crippen LogP contribution in [0.25, 0.3) is 0 Å². The van der Waals surface area contributed by atoms with Crippen molar-refractivity contribution < 1.29 is 14.2 Å². The van der Waals surface area contributed by atoms with Crippen LogP contribution in [0, 0.1) is 5.82 Å². The molecule has 0 heterocycles. The van der Waals surface area contributed by atoms with Crippen LogP contribution in [-0.2, 0) is 6.42 Å². The molecule has 0 aliphatic carbocycles. The highest BCUT2D eigenvalue weighted by atomic mass is 35.5. The second-order valence-corrected chi connectivity index (χ2v) is 4.93. The molecule has 20 heavy (non-hydrogen) atoms. The van der Waals surface area contributed by atoms with Gasteiger partial charge in [-0.1, -0.05) is 41.9 Å². The Morgan fingerprint density at radius 1 is 1.10 bits per heavy atom. The zero-order valence-electron chi connectivity index (χ0n) is 10.9. The van der Waals surface area contributed by atoms with Crippen LogP contribution in [0.2, 0.25) is 5.02 Å². The number of hydrogen-bond acceptors (Lipinski definition) is 2. The van der Waals surface area contributed by atoms with Crippen LogP contribution in [-0.4, -0.2) is 17.8 Å². The maximum Gasteiger partial charge on any atom is 0.145 e. The fourth-order valence-corrected chi connectivity index (χ4v) is 2.09. The zero-order chi connectivity index (χ0) is 14.4. The molecule has 2 aromatic carbocycles. The van der Waals surface area contributed by atoms with Crippen molar-refractivity contribution >= 4 is 11.6 Å². The molecule has 2 aromatic rings. The molecule has 4 heteroatoms. The number of ether oxygens (including phenoxy) is 1. The second-order valence-electron chi connectivity index (χ2n) is 4.52. The van der Waals surface area contributed by atoms with E-state index in [0.717, 1.165) is 5.75 Å². The van der Waals surface area contributed by atoms with Crippen LogP contribution in [0.4, 0.5) is 4.39 Å². The molecule has 106 valence electrons. The molecular formula is C16H16ClFO2. The van der Waals surface area contributed by atoms with E-state index in [2.05, 4.69) is 0 Å². The normalized spacial score (nSPS) is 12.2. The third-order valence-electron chi connectivity index (χ3n) is 2.95. The number of rotatable bonds is 6. The summed E-state index contributed by atoms with van der Waals surface area (Å²) >= 11 is 5.70. The quantitative estimate of drug-likeness (QED) is 0.877. The predicted octanol–water partition coefficient (Wildman–Crippen LogP) is 3.85. The first-order chi connectivity index (χ1) is 9.66. The summed E-state index contributed by atoms with van der Waals surface area (Å²) in [4.78, 5) is 0. The van der Waals surface area contributed by atoms with Gasteiger partial charge in [-0.2, -0.15) is 0 Å². The minimum absolute atomic E-state index is 0.0789. The lowest BCUT2D eigenvalue weighted by atomic mass is 10.1. The monoisotopic (exact) mass is 294 g/mol. The molecule has 2 rings (SSSR count). The third-order valence-corrected chi connectivity index (χ3v) is 3.24. The van der Waals surface area contributed by atoms with E-state index in [-0.39, 0.29) is 11.4 Å². The Morgan fingerprint density at radius 3 is 2.60 bits per heavy atom. The summed E-state index contributed by atoms with van der Waals surface area (Å²) in [6, 6.07) is 14.2. The van der Waals surface area contributed by atoms with Gasteiger partial charge in [-0.3, -0.25) is 0 Å². The van der Waals surface area contributed by atoms with E-state index in [4.69, 9.17) is 16.3 Å². The van der Waals surface area contributed by atoms with Crippen molar-refractivity contribution in [3.05, 3.63) is 64.9 Å². The lowest BCUT2D eigenvalue weighted by molar-refractivity contribution is 0.138. The smallest absolute Gasteiger partial charge is 0.145 e. The highest BCUT2D eigenvalue weighted by molar-refractivity contribution is 6.30. The van der Waals surface area contributed by atoms with Crippen molar-refractivity contribution in [2.75, 3.05) is 6.61 Å². The largest absolute Gasteiger partial charge is 0.493 e. The Kier molecular flexibility index (Phi) is 5.39. The number of benzene rings is 2. The van der Waals surface area contributed by atoms with Gasteiger partial charge in [0.15, 0.2) is 0 Å². The molecule has 0 aromatic heterocycles. The van der Waals surface area contributed by atoms with Crippen LogP contribution in [0.3, 0.4) is 0 Å². The van der Waals surface area contributed by atoms with Crippen LogP contribution in [0.5, 0.6) is 5.75 Å². The standard InChI is InChI=1S/C16H16ClFO2/c17-15-8-4-5-12(16(15)18)11-13(19)9-10-20-14-6-2-1-3-7-14/h1-8,13,19H,9-11H2. The summed E-state index contributed by atoms with van der Waals surface area (Å²) < 4.78 is 19.2. The van der Waals surface area contributed by atoms with Gasteiger partial charge in [0.05, 0.1) is 17.7 Å². The third kappa shape index (κ3) is 4.22.